The minimum absolute atomic E-state index is 0.0738. The normalized spacial score (nSPS) is 12.2. The second kappa shape index (κ2) is 7.22. The van der Waals surface area contributed by atoms with Crippen LogP contribution in [0, 0.1) is 5.92 Å². The summed E-state index contributed by atoms with van der Waals surface area (Å²) >= 11 is 1.54. The number of aromatic nitrogens is 1. The van der Waals surface area contributed by atoms with Gasteiger partial charge in [0, 0.05) is 17.0 Å². The summed E-state index contributed by atoms with van der Waals surface area (Å²) in [4.78, 5) is 16.3. The van der Waals surface area contributed by atoms with E-state index in [-0.39, 0.29) is 11.9 Å². The van der Waals surface area contributed by atoms with Crippen molar-refractivity contribution in [3.05, 3.63) is 46.4 Å². The highest BCUT2D eigenvalue weighted by Crippen LogP contribution is 2.16. The molecule has 1 atom stereocenters. The molecule has 1 unspecified atom stereocenters. The van der Waals surface area contributed by atoms with Crippen LogP contribution in [0.2, 0.25) is 0 Å². The number of hydrogen-bond acceptors (Lipinski definition) is 4. The molecular weight excluding hydrogens is 284 g/mol. The van der Waals surface area contributed by atoms with Gasteiger partial charge < -0.3 is 10.1 Å². The molecule has 1 N–H and O–H groups in total. The molecule has 0 saturated carbocycles. The van der Waals surface area contributed by atoms with Crippen molar-refractivity contribution in [3.63, 3.8) is 0 Å². The summed E-state index contributed by atoms with van der Waals surface area (Å²) in [6, 6.07) is 7.35. The van der Waals surface area contributed by atoms with Crippen LogP contribution in [-0.4, -0.2) is 16.9 Å². The maximum absolute atomic E-state index is 12.2. The first-order valence-corrected chi connectivity index (χ1v) is 7.91. The van der Waals surface area contributed by atoms with Crippen LogP contribution in [0.3, 0.4) is 0 Å². The lowest BCUT2D eigenvalue weighted by molar-refractivity contribution is 0.0930. The first kappa shape index (κ1) is 15.5. The third-order valence-corrected chi connectivity index (χ3v) is 3.96. The van der Waals surface area contributed by atoms with E-state index in [1.807, 2.05) is 24.4 Å². The maximum Gasteiger partial charge on any atom is 0.251 e. The second-order valence-corrected chi connectivity index (χ2v) is 6.02. The van der Waals surface area contributed by atoms with E-state index in [0.717, 1.165) is 5.69 Å². The van der Waals surface area contributed by atoms with Crippen molar-refractivity contribution >= 4 is 17.2 Å². The van der Waals surface area contributed by atoms with Crippen LogP contribution in [0.1, 0.15) is 36.8 Å². The number of thiazole rings is 1. The summed E-state index contributed by atoms with van der Waals surface area (Å²) in [5.74, 6) is 1.00. The fraction of sp³-hybridized carbons (Fsp3) is 0.375. The van der Waals surface area contributed by atoms with Gasteiger partial charge in [0.25, 0.3) is 5.91 Å². The van der Waals surface area contributed by atoms with Crippen molar-refractivity contribution in [1.29, 1.82) is 0 Å². The fourth-order valence-electron chi connectivity index (χ4n) is 1.65. The molecule has 112 valence electrons. The molecule has 1 heterocycles. The van der Waals surface area contributed by atoms with Crippen LogP contribution in [0.4, 0.5) is 0 Å². The van der Waals surface area contributed by atoms with Crippen LogP contribution in [0.5, 0.6) is 5.75 Å². The van der Waals surface area contributed by atoms with Crippen LogP contribution >= 0.6 is 11.3 Å². The van der Waals surface area contributed by atoms with Gasteiger partial charge in [-0.3, -0.25) is 4.79 Å². The van der Waals surface area contributed by atoms with E-state index in [1.165, 1.54) is 11.3 Å². The average molecular weight is 304 g/mol. The highest BCUT2D eigenvalue weighted by atomic mass is 32.1. The Kier molecular flexibility index (Phi) is 5.33. The van der Waals surface area contributed by atoms with E-state index < -0.39 is 0 Å². The van der Waals surface area contributed by atoms with Crippen molar-refractivity contribution in [2.24, 2.45) is 5.92 Å². The lowest BCUT2D eigenvalue weighted by atomic mass is 10.1. The zero-order chi connectivity index (χ0) is 15.2. The van der Waals surface area contributed by atoms with E-state index >= 15 is 0 Å². The smallest absolute Gasteiger partial charge is 0.251 e. The third-order valence-electron chi connectivity index (χ3n) is 3.33. The Bertz CT molecular complexity index is 582. The monoisotopic (exact) mass is 304 g/mol. The number of hydrogen-bond donors (Lipinski definition) is 1. The molecule has 4 nitrogen and oxygen atoms in total. The molecule has 0 fully saturated rings. The Labute approximate surface area is 129 Å². The highest BCUT2D eigenvalue weighted by molar-refractivity contribution is 7.07. The highest BCUT2D eigenvalue weighted by Gasteiger charge is 2.13. The molecule has 0 saturated heterocycles. The van der Waals surface area contributed by atoms with Gasteiger partial charge in [-0.05, 0) is 31.0 Å². The topological polar surface area (TPSA) is 51.2 Å². The number of rotatable bonds is 6. The van der Waals surface area contributed by atoms with Gasteiger partial charge in [-0.2, -0.15) is 0 Å². The van der Waals surface area contributed by atoms with Gasteiger partial charge in [0.05, 0.1) is 11.2 Å². The maximum atomic E-state index is 12.2. The lowest BCUT2D eigenvalue weighted by Crippen LogP contribution is -2.36. The van der Waals surface area contributed by atoms with E-state index in [2.05, 4.69) is 24.1 Å². The second-order valence-electron chi connectivity index (χ2n) is 5.30. The van der Waals surface area contributed by atoms with Crippen molar-refractivity contribution in [1.82, 2.24) is 10.3 Å². The zero-order valence-corrected chi connectivity index (χ0v) is 13.3. The lowest BCUT2D eigenvalue weighted by Gasteiger charge is -2.17. The molecule has 0 spiro atoms. The molecule has 2 aromatic rings. The molecule has 0 bridgehead atoms. The van der Waals surface area contributed by atoms with Gasteiger partial charge in [-0.25, -0.2) is 4.98 Å². The predicted molar refractivity (Wildman–Crippen MR) is 84.7 cm³/mol. The Morgan fingerprint density at radius 3 is 2.86 bits per heavy atom. The number of carbonyl (C=O) groups is 1. The van der Waals surface area contributed by atoms with E-state index in [1.54, 1.807) is 17.6 Å². The SMILES string of the molecule is CC(C)C(C)NC(=O)c1cccc(OCc2cscn2)c1. The minimum atomic E-state index is -0.0738. The van der Waals surface area contributed by atoms with E-state index in [0.29, 0.717) is 23.8 Å². The number of nitrogens with zero attached hydrogens (tertiary/aromatic N) is 1. The van der Waals surface area contributed by atoms with Crippen molar-refractivity contribution < 1.29 is 9.53 Å². The summed E-state index contributed by atoms with van der Waals surface area (Å²) in [7, 11) is 0. The first-order valence-electron chi connectivity index (χ1n) is 6.97. The summed E-state index contributed by atoms with van der Waals surface area (Å²) in [6.45, 7) is 6.58. The Balaban J connectivity index is 1.98. The summed E-state index contributed by atoms with van der Waals surface area (Å²) in [5.41, 5.74) is 3.28. The van der Waals surface area contributed by atoms with Gasteiger partial charge in [-0.1, -0.05) is 19.9 Å². The van der Waals surface area contributed by atoms with Crippen LogP contribution < -0.4 is 10.1 Å². The molecule has 1 aromatic carbocycles. The van der Waals surface area contributed by atoms with Crippen molar-refractivity contribution in [3.8, 4) is 5.75 Å². The predicted octanol–water partition coefficient (Wildman–Crippen LogP) is 3.50. The minimum Gasteiger partial charge on any atom is -0.487 e. The molecule has 5 heteroatoms. The zero-order valence-electron chi connectivity index (χ0n) is 12.5. The molecular formula is C16H20N2O2S. The van der Waals surface area contributed by atoms with Crippen LogP contribution in [0.15, 0.2) is 35.2 Å². The van der Waals surface area contributed by atoms with Gasteiger partial charge in [-0.15, -0.1) is 11.3 Å². The summed E-state index contributed by atoms with van der Waals surface area (Å²) in [5, 5.41) is 4.93. The fourth-order valence-corrected chi connectivity index (χ4v) is 2.19. The van der Waals surface area contributed by atoms with Gasteiger partial charge in [0.2, 0.25) is 0 Å². The van der Waals surface area contributed by atoms with Gasteiger partial charge in [0.15, 0.2) is 0 Å². The largest absolute Gasteiger partial charge is 0.487 e. The van der Waals surface area contributed by atoms with Crippen LogP contribution in [-0.2, 0) is 6.61 Å². The van der Waals surface area contributed by atoms with Gasteiger partial charge >= 0.3 is 0 Å². The van der Waals surface area contributed by atoms with Gasteiger partial charge in [0.1, 0.15) is 12.4 Å². The molecule has 21 heavy (non-hydrogen) atoms. The Hall–Kier alpha value is -1.88. The Morgan fingerprint density at radius 1 is 1.38 bits per heavy atom. The molecule has 0 aliphatic rings. The number of benzene rings is 1. The third kappa shape index (κ3) is 4.56. The number of carbonyl (C=O) groups excluding carboxylic acids is 1. The van der Waals surface area contributed by atoms with E-state index in [4.69, 9.17) is 4.74 Å². The quantitative estimate of drug-likeness (QED) is 0.888. The van der Waals surface area contributed by atoms with Crippen molar-refractivity contribution in [2.75, 3.05) is 0 Å². The van der Waals surface area contributed by atoms with Crippen LogP contribution in [0.25, 0.3) is 0 Å². The molecule has 1 amide bonds. The average Bonchev–Trinajstić information content (AvgIpc) is 2.98. The summed E-state index contributed by atoms with van der Waals surface area (Å²) < 4.78 is 5.66. The number of ether oxygens (including phenoxy) is 1. The molecule has 0 radical (unpaired) electrons. The number of nitrogens with one attached hydrogen (secondary N) is 1. The summed E-state index contributed by atoms with van der Waals surface area (Å²) in [6.07, 6.45) is 0. The van der Waals surface area contributed by atoms with Crippen molar-refractivity contribution in [2.45, 2.75) is 33.4 Å². The molecule has 2 rings (SSSR count). The van der Waals surface area contributed by atoms with E-state index in [9.17, 15) is 4.79 Å². The molecule has 0 aliphatic heterocycles. The standard InChI is InChI=1S/C16H20N2O2S/c1-11(2)12(3)18-16(19)13-5-4-6-15(7-13)20-8-14-9-21-10-17-14/h4-7,9-12H,8H2,1-3H3,(H,18,19). The number of amides is 1. The molecule has 1 aromatic heterocycles. The molecule has 0 aliphatic carbocycles. The Morgan fingerprint density at radius 2 is 2.19 bits per heavy atom. The first-order chi connectivity index (χ1) is 10.1.